The zero-order chi connectivity index (χ0) is 38.7. The quantitative estimate of drug-likeness (QED) is 0.141. The van der Waals surface area contributed by atoms with Crippen LogP contribution in [0.2, 0.25) is 0 Å². The minimum Gasteiger partial charge on any atom is -0.508 e. The smallest absolute Gasteiger partial charge is 0.313 e. The van der Waals surface area contributed by atoms with E-state index in [1.54, 1.807) is 23.6 Å². The second-order valence-corrected chi connectivity index (χ2v) is 15.8. The number of nitrogens with one attached hydrogen (secondary N) is 3. The lowest BCUT2D eigenvalue weighted by Gasteiger charge is -2.39. The van der Waals surface area contributed by atoms with Crippen LogP contribution in [0.4, 0.5) is 0 Å². The third-order valence-corrected chi connectivity index (χ3v) is 11.6. The molecule has 1 aromatic heterocycles. The number of phenolic OH excluding ortho intramolecular Hbond substituents is 1. The van der Waals surface area contributed by atoms with Gasteiger partial charge in [-0.25, -0.2) is 4.98 Å². The van der Waals surface area contributed by atoms with Crippen LogP contribution in [-0.2, 0) is 30.3 Å². The summed E-state index contributed by atoms with van der Waals surface area (Å²) in [6.07, 6.45) is 5.95. The maximum atomic E-state index is 14.5. The molecule has 1 aliphatic carbocycles. The number of ether oxygens (including phenoxy) is 2. The lowest BCUT2D eigenvalue weighted by Crippen LogP contribution is -2.58. The predicted molar refractivity (Wildman–Crippen MR) is 206 cm³/mol. The van der Waals surface area contributed by atoms with Gasteiger partial charge in [0.15, 0.2) is 0 Å². The number of thiazole rings is 1. The molecule has 0 spiro atoms. The molecule has 1 aliphatic heterocycles. The number of aromatic hydroxyl groups is 1. The van der Waals surface area contributed by atoms with Crippen molar-refractivity contribution in [2.24, 2.45) is 11.8 Å². The van der Waals surface area contributed by atoms with Crippen LogP contribution >= 0.6 is 11.3 Å². The highest BCUT2D eigenvalue weighted by Crippen LogP contribution is 2.36. The van der Waals surface area contributed by atoms with Gasteiger partial charge >= 0.3 is 5.97 Å². The number of phenols is 1. The van der Waals surface area contributed by atoms with Crippen molar-refractivity contribution in [3.63, 3.8) is 0 Å². The minimum absolute atomic E-state index is 0.0536. The maximum absolute atomic E-state index is 14.5. The predicted octanol–water partition coefficient (Wildman–Crippen LogP) is 5.64. The van der Waals surface area contributed by atoms with Crippen LogP contribution in [0.3, 0.4) is 0 Å². The van der Waals surface area contributed by atoms with E-state index < -0.39 is 24.0 Å². The second kappa shape index (κ2) is 20.2. The number of benzene rings is 1. The van der Waals surface area contributed by atoms with Gasteiger partial charge in [0.1, 0.15) is 28.6 Å². The van der Waals surface area contributed by atoms with E-state index in [4.69, 9.17) is 14.5 Å². The van der Waals surface area contributed by atoms with Gasteiger partial charge in [0, 0.05) is 37.0 Å². The van der Waals surface area contributed by atoms with Crippen molar-refractivity contribution < 1.29 is 33.8 Å². The number of hydrogen-bond donors (Lipinski definition) is 4. The van der Waals surface area contributed by atoms with Gasteiger partial charge in [-0.15, -0.1) is 11.3 Å². The third-order valence-electron chi connectivity index (χ3n) is 10.6. The lowest BCUT2D eigenvalue weighted by molar-refractivity contribution is -0.143. The van der Waals surface area contributed by atoms with Gasteiger partial charge in [0.25, 0.3) is 5.91 Å². The van der Waals surface area contributed by atoms with Crippen molar-refractivity contribution in [1.29, 1.82) is 0 Å². The Hall–Kier alpha value is -3.55. The summed E-state index contributed by atoms with van der Waals surface area (Å²) >= 11 is 1.36. The number of methoxy groups -OCH3 is 1. The number of esters is 1. The first kappa shape index (κ1) is 42.2. The number of carbonyl (C=O) groups is 4. The van der Waals surface area contributed by atoms with Crippen LogP contribution in [0.1, 0.15) is 132 Å². The van der Waals surface area contributed by atoms with Crippen molar-refractivity contribution >= 4 is 35.0 Å². The van der Waals surface area contributed by atoms with E-state index in [2.05, 4.69) is 36.7 Å². The topological polar surface area (TPSA) is 159 Å². The fraction of sp³-hybridized carbons (Fsp3) is 0.675. The molecule has 1 saturated heterocycles. The summed E-state index contributed by atoms with van der Waals surface area (Å²) in [6.45, 7) is 14.2. The number of aromatic nitrogens is 1. The van der Waals surface area contributed by atoms with Crippen molar-refractivity contribution in [2.75, 3.05) is 26.8 Å². The number of carbonyl (C=O) groups excluding carboxylic acids is 4. The molecule has 12 nitrogen and oxygen atoms in total. The lowest BCUT2D eigenvalue weighted by atomic mass is 9.80. The Morgan fingerprint density at radius 3 is 2.53 bits per heavy atom. The number of hydrogen-bond acceptors (Lipinski definition) is 10. The number of nitrogens with zero attached hydrogens (tertiary/aromatic N) is 2. The molecule has 13 heteroatoms. The summed E-state index contributed by atoms with van der Waals surface area (Å²) in [7, 11) is 1.33. The zero-order valence-corrected chi connectivity index (χ0v) is 33.4. The summed E-state index contributed by atoms with van der Waals surface area (Å²) in [6, 6.07) is 3.46. The third kappa shape index (κ3) is 11.0. The van der Waals surface area contributed by atoms with Gasteiger partial charge in [-0.2, -0.15) is 0 Å². The van der Waals surface area contributed by atoms with E-state index in [0.29, 0.717) is 43.0 Å². The van der Waals surface area contributed by atoms with Crippen molar-refractivity contribution in [3.05, 3.63) is 45.4 Å². The summed E-state index contributed by atoms with van der Waals surface area (Å²) in [5.74, 6) is -1.47. The Kier molecular flexibility index (Phi) is 16.1. The molecule has 4 N–H and O–H groups in total. The van der Waals surface area contributed by atoms with E-state index in [1.165, 1.54) is 18.4 Å². The summed E-state index contributed by atoms with van der Waals surface area (Å²) in [4.78, 5) is 60.9. The number of amides is 3. The number of piperidine rings is 1. The normalized spacial score (nSPS) is 20.8. The highest BCUT2D eigenvalue weighted by atomic mass is 32.1. The van der Waals surface area contributed by atoms with E-state index in [-0.39, 0.29) is 59.1 Å². The SMILES string of the molecule is CCCO[C@H](CC(C(C)C)N(CCC)C(=O)[C@@H](NC(=O)[C@H]1CCCCN1)[C@@H](C)CC)c1nc(C(=O)N[C@H]2Cc3ccc(O)cc3[C@H](C(=O)OC)C2)cs1. The average molecular weight is 756 g/mol. The van der Waals surface area contributed by atoms with Gasteiger partial charge in [-0.05, 0) is 80.2 Å². The van der Waals surface area contributed by atoms with E-state index in [9.17, 15) is 24.3 Å². The molecule has 7 atom stereocenters. The summed E-state index contributed by atoms with van der Waals surface area (Å²) in [5, 5.41) is 22.0. The van der Waals surface area contributed by atoms with E-state index in [0.717, 1.165) is 50.6 Å². The first-order valence-electron chi connectivity index (χ1n) is 19.5. The Bertz CT molecular complexity index is 1530. The molecule has 294 valence electrons. The molecule has 0 radical (unpaired) electrons. The fourth-order valence-electron chi connectivity index (χ4n) is 7.48. The summed E-state index contributed by atoms with van der Waals surface area (Å²) in [5.41, 5.74) is 1.84. The van der Waals surface area contributed by atoms with E-state index in [1.807, 2.05) is 25.7 Å². The molecule has 2 heterocycles. The molecule has 3 amide bonds. The first-order chi connectivity index (χ1) is 25.4. The Morgan fingerprint density at radius 2 is 1.89 bits per heavy atom. The first-order valence-corrected chi connectivity index (χ1v) is 20.4. The van der Waals surface area contributed by atoms with Crippen molar-refractivity contribution in [3.8, 4) is 5.75 Å². The van der Waals surface area contributed by atoms with Gasteiger partial charge < -0.3 is 35.4 Å². The number of rotatable bonds is 18. The minimum atomic E-state index is -0.648. The monoisotopic (exact) mass is 755 g/mol. The second-order valence-electron chi connectivity index (χ2n) is 15.0. The molecule has 4 rings (SSSR count). The van der Waals surface area contributed by atoms with Crippen molar-refractivity contribution in [2.45, 2.75) is 136 Å². The highest BCUT2D eigenvalue weighted by molar-refractivity contribution is 7.09. The van der Waals surface area contributed by atoms with Crippen LogP contribution in [0.15, 0.2) is 23.6 Å². The molecule has 0 saturated carbocycles. The zero-order valence-electron chi connectivity index (χ0n) is 32.6. The molecule has 1 unspecified atom stereocenters. The molecule has 53 heavy (non-hydrogen) atoms. The fourth-order valence-corrected chi connectivity index (χ4v) is 8.34. The maximum Gasteiger partial charge on any atom is 0.313 e. The van der Waals surface area contributed by atoms with Crippen LogP contribution in [0.25, 0.3) is 0 Å². The van der Waals surface area contributed by atoms with Gasteiger partial charge in [-0.1, -0.05) is 60.5 Å². The van der Waals surface area contributed by atoms with Gasteiger partial charge in [0.2, 0.25) is 11.8 Å². The Morgan fingerprint density at radius 1 is 1.11 bits per heavy atom. The van der Waals surface area contributed by atoms with Crippen LogP contribution in [0.5, 0.6) is 5.75 Å². The van der Waals surface area contributed by atoms with E-state index >= 15 is 0 Å². The van der Waals surface area contributed by atoms with Crippen molar-refractivity contribution in [1.82, 2.24) is 25.8 Å². The molecule has 2 aliphatic rings. The van der Waals surface area contributed by atoms with Crippen LogP contribution in [0, 0.1) is 11.8 Å². The Balaban J connectivity index is 1.53. The van der Waals surface area contributed by atoms with Crippen LogP contribution < -0.4 is 16.0 Å². The molecular weight excluding hydrogens is 695 g/mol. The molecule has 1 fully saturated rings. The molecule has 2 aromatic rings. The highest BCUT2D eigenvalue weighted by Gasteiger charge is 2.38. The van der Waals surface area contributed by atoms with Crippen LogP contribution in [-0.4, -0.2) is 89.7 Å². The largest absolute Gasteiger partial charge is 0.508 e. The van der Waals surface area contributed by atoms with Gasteiger partial charge in [0.05, 0.1) is 19.1 Å². The molecular formula is C40H61N5O7S. The average Bonchev–Trinajstić information content (AvgIpc) is 3.66. The molecule has 1 aromatic carbocycles. The Labute approximate surface area is 319 Å². The standard InChI is InChI=1S/C40H61N5O7S/c1-8-17-45(39(49)35(25(6)10-3)44-36(47)31-13-11-12-16-41-31)33(24(4)5)22-34(52-18-9-2)38-43-32(23-53-38)37(48)42-27-19-26-14-15-28(46)21-29(26)30(20-27)40(50)51-7/h14-15,21,23-25,27,30-31,33-35,41,46H,8-13,16-20,22H2,1-7H3,(H,42,48)(H,44,47)/t25-,27-,30+,31+,33?,34+,35-/m0/s1. The number of fused-ring (bicyclic) bond motifs is 1. The molecule has 0 bridgehead atoms. The summed E-state index contributed by atoms with van der Waals surface area (Å²) < 4.78 is 11.5. The van der Waals surface area contributed by atoms with Gasteiger partial charge in [-0.3, -0.25) is 19.2 Å².